The second-order valence-corrected chi connectivity index (χ2v) is 8.73. The van der Waals surface area contributed by atoms with Gasteiger partial charge in [-0.15, -0.1) is 0 Å². The van der Waals surface area contributed by atoms with E-state index in [1.165, 1.54) is 49.5 Å². The van der Waals surface area contributed by atoms with Gasteiger partial charge in [0.15, 0.2) is 0 Å². The zero-order valence-electron chi connectivity index (χ0n) is 17.4. The summed E-state index contributed by atoms with van der Waals surface area (Å²) >= 11 is 0. The van der Waals surface area contributed by atoms with Crippen molar-refractivity contribution in [2.24, 2.45) is 17.8 Å². The Morgan fingerprint density at radius 2 is 1.47 bits per heavy atom. The van der Waals surface area contributed by atoms with E-state index in [-0.39, 0.29) is 0 Å². The van der Waals surface area contributed by atoms with Gasteiger partial charge in [-0.3, -0.25) is 0 Å². The Bertz CT molecular complexity index is 794. The third-order valence-electron chi connectivity index (χ3n) is 6.92. The molecule has 0 saturated heterocycles. The molecule has 2 aliphatic carbocycles. The number of nitrogens with zero attached hydrogens (tertiary/aromatic N) is 1. The highest BCUT2D eigenvalue weighted by atomic mass is 19.4. The van der Waals surface area contributed by atoms with Gasteiger partial charge in [0.1, 0.15) is 0 Å². The number of hydrogen-bond donors (Lipinski definition) is 0. The van der Waals surface area contributed by atoms with Crippen LogP contribution in [0.4, 0.5) is 13.2 Å². The molecule has 2 saturated carbocycles. The summed E-state index contributed by atoms with van der Waals surface area (Å²) < 4.78 is 38.3. The van der Waals surface area contributed by atoms with Crippen LogP contribution < -0.4 is 0 Å². The summed E-state index contributed by atoms with van der Waals surface area (Å²) in [6.07, 6.45) is 12.1. The van der Waals surface area contributed by atoms with E-state index in [9.17, 15) is 13.2 Å². The summed E-state index contributed by atoms with van der Waals surface area (Å²) in [4.78, 5) is 0. The van der Waals surface area contributed by atoms with Crippen LogP contribution in [0.25, 0.3) is 0 Å². The number of allylic oxidation sites excluding steroid dienone is 5. The highest BCUT2D eigenvalue weighted by molar-refractivity contribution is 5.27. The first-order chi connectivity index (χ1) is 14.4. The molecule has 0 bridgehead atoms. The van der Waals surface area contributed by atoms with Crippen LogP contribution in [0.1, 0.15) is 68.4 Å². The van der Waals surface area contributed by atoms with Crippen LogP contribution in [0.3, 0.4) is 0 Å². The molecule has 1 aromatic carbocycles. The van der Waals surface area contributed by atoms with Crippen LogP contribution in [0.5, 0.6) is 0 Å². The lowest BCUT2D eigenvalue weighted by Crippen LogP contribution is -2.22. The number of hydrogen-bond acceptors (Lipinski definition) is 1. The topological polar surface area (TPSA) is 23.8 Å². The molecule has 0 heterocycles. The Hall–Kier alpha value is -2.28. The fraction of sp³-hybridized carbons (Fsp3) is 0.500. The first kappa shape index (κ1) is 22.4. The summed E-state index contributed by atoms with van der Waals surface area (Å²) in [7, 11) is 0. The van der Waals surface area contributed by atoms with Crippen LogP contribution in [0.15, 0.2) is 60.7 Å². The fourth-order valence-electron chi connectivity index (χ4n) is 5.08. The minimum atomic E-state index is -4.27. The van der Waals surface area contributed by atoms with Crippen molar-refractivity contribution in [1.29, 1.82) is 5.26 Å². The largest absolute Gasteiger partial charge is 0.416 e. The van der Waals surface area contributed by atoms with Gasteiger partial charge < -0.3 is 0 Å². The van der Waals surface area contributed by atoms with Crippen molar-refractivity contribution < 1.29 is 13.2 Å². The average Bonchev–Trinajstić information content (AvgIpc) is 2.76. The van der Waals surface area contributed by atoms with E-state index >= 15 is 0 Å². The summed E-state index contributed by atoms with van der Waals surface area (Å²) in [5.74, 6) is 2.09. The van der Waals surface area contributed by atoms with Gasteiger partial charge in [0.2, 0.25) is 0 Å². The van der Waals surface area contributed by atoms with Gasteiger partial charge in [0.25, 0.3) is 0 Å². The molecule has 0 aromatic heterocycles. The van der Waals surface area contributed by atoms with Crippen LogP contribution in [-0.4, -0.2) is 0 Å². The van der Waals surface area contributed by atoms with E-state index in [0.29, 0.717) is 23.7 Å². The smallest absolute Gasteiger partial charge is 0.193 e. The molecule has 0 radical (unpaired) electrons. The van der Waals surface area contributed by atoms with E-state index in [2.05, 4.69) is 12.7 Å². The first-order valence-electron chi connectivity index (χ1n) is 11.0. The van der Waals surface area contributed by atoms with Crippen molar-refractivity contribution >= 4 is 0 Å². The molecule has 30 heavy (non-hydrogen) atoms. The van der Waals surface area contributed by atoms with Gasteiger partial charge in [-0.1, -0.05) is 42.5 Å². The minimum Gasteiger partial charge on any atom is -0.193 e. The Morgan fingerprint density at radius 3 is 2.00 bits per heavy atom. The average molecular weight is 414 g/mol. The summed E-state index contributed by atoms with van der Waals surface area (Å²) in [5.41, 5.74) is 1.86. The Balaban J connectivity index is 1.46. The Labute approximate surface area is 178 Å². The van der Waals surface area contributed by atoms with Crippen LogP contribution in [-0.2, 0) is 6.18 Å². The maximum atomic E-state index is 12.8. The molecule has 0 unspecified atom stereocenters. The third-order valence-corrected chi connectivity index (χ3v) is 6.92. The van der Waals surface area contributed by atoms with Crippen molar-refractivity contribution in [2.45, 2.75) is 63.5 Å². The molecule has 0 spiro atoms. The molecule has 4 heteroatoms. The molecule has 160 valence electrons. The summed E-state index contributed by atoms with van der Waals surface area (Å²) in [5, 5.41) is 8.52. The van der Waals surface area contributed by atoms with Crippen LogP contribution in [0, 0.1) is 29.1 Å². The molecule has 0 amide bonds. The maximum Gasteiger partial charge on any atom is 0.416 e. The van der Waals surface area contributed by atoms with Crippen molar-refractivity contribution in [1.82, 2.24) is 0 Å². The highest BCUT2D eigenvalue weighted by Gasteiger charge is 2.32. The lowest BCUT2D eigenvalue weighted by molar-refractivity contribution is -0.137. The third kappa shape index (κ3) is 5.88. The lowest BCUT2D eigenvalue weighted by Gasteiger charge is -2.36. The quantitative estimate of drug-likeness (QED) is 0.273. The molecular formula is C26H30F3N. The van der Waals surface area contributed by atoms with Gasteiger partial charge in [0, 0.05) is 6.08 Å². The van der Waals surface area contributed by atoms with Crippen LogP contribution in [0.2, 0.25) is 0 Å². The molecule has 1 nitrogen and oxygen atoms in total. The fourth-order valence-corrected chi connectivity index (χ4v) is 5.08. The SMILES string of the molecule is C=C([C@H]1CC[C@H](/C=C/C=C/C#N)CC1)[C@H]1CC[C@H](c2ccc(C(F)(F)F)cc2)CC1. The summed E-state index contributed by atoms with van der Waals surface area (Å²) in [6, 6.07) is 7.73. The first-order valence-corrected chi connectivity index (χ1v) is 11.0. The molecule has 2 aliphatic rings. The zero-order valence-corrected chi connectivity index (χ0v) is 17.4. The monoisotopic (exact) mass is 413 g/mol. The minimum absolute atomic E-state index is 0.360. The molecule has 0 N–H and O–H groups in total. The molecule has 0 aliphatic heterocycles. The van der Waals surface area contributed by atoms with Crippen molar-refractivity contribution in [2.75, 3.05) is 0 Å². The van der Waals surface area contributed by atoms with Crippen molar-refractivity contribution in [3.63, 3.8) is 0 Å². The molecule has 2 fully saturated rings. The highest BCUT2D eigenvalue weighted by Crippen LogP contribution is 2.44. The van der Waals surface area contributed by atoms with E-state index in [0.717, 1.165) is 31.2 Å². The number of halogens is 3. The molecule has 0 atom stereocenters. The number of rotatable bonds is 5. The van der Waals surface area contributed by atoms with E-state index in [4.69, 9.17) is 5.26 Å². The second-order valence-electron chi connectivity index (χ2n) is 8.73. The van der Waals surface area contributed by atoms with Gasteiger partial charge in [0.05, 0.1) is 11.6 Å². The number of benzene rings is 1. The van der Waals surface area contributed by atoms with Crippen molar-refractivity contribution in [3.05, 3.63) is 71.8 Å². The van der Waals surface area contributed by atoms with Crippen LogP contribution >= 0.6 is 0 Å². The van der Waals surface area contributed by atoms with Gasteiger partial charge in [-0.25, -0.2) is 0 Å². The van der Waals surface area contributed by atoms with E-state index in [1.54, 1.807) is 18.2 Å². The zero-order chi connectivity index (χ0) is 21.6. The molecular weight excluding hydrogens is 383 g/mol. The molecule has 3 rings (SSSR count). The van der Waals surface area contributed by atoms with Gasteiger partial charge >= 0.3 is 6.18 Å². The van der Waals surface area contributed by atoms with E-state index in [1.807, 2.05) is 12.1 Å². The lowest BCUT2D eigenvalue weighted by atomic mass is 9.70. The normalized spacial score (nSPS) is 27.9. The number of alkyl halides is 3. The molecule has 1 aromatic rings. The van der Waals surface area contributed by atoms with Crippen molar-refractivity contribution in [3.8, 4) is 6.07 Å². The maximum absolute atomic E-state index is 12.8. The number of nitriles is 1. The Kier molecular flexibility index (Phi) is 7.58. The standard InChI is InChI=1S/C26H30F3N/c1-19(21-8-6-20(7-9-21)5-3-2-4-18-30)22-10-12-23(13-11-22)24-14-16-25(17-15-24)26(27,28)29/h2-5,14-17,20-23H,1,6-13H2/b4-2+,5-3+/t20-,21-,22-,23-. The Morgan fingerprint density at radius 1 is 0.900 bits per heavy atom. The van der Waals surface area contributed by atoms with E-state index < -0.39 is 11.7 Å². The predicted octanol–water partition coefficient (Wildman–Crippen LogP) is 7.98. The summed E-state index contributed by atoms with van der Waals surface area (Å²) in [6.45, 7) is 4.46. The second kappa shape index (κ2) is 10.2. The van der Waals surface area contributed by atoms with Gasteiger partial charge in [-0.2, -0.15) is 18.4 Å². The van der Waals surface area contributed by atoms with Gasteiger partial charge in [-0.05, 0) is 92.7 Å². The predicted molar refractivity (Wildman–Crippen MR) is 115 cm³/mol.